The molecule has 0 saturated heterocycles. The summed E-state index contributed by atoms with van der Waals surface area (Å²) in [5, 5.41) is 7.53. The number of anilines is 2. The van der Waals surface area contributed by atoms with Crippen LogP contribution >= 0.6 is 0 Å². The molecule has 0 fully saturated rings. The summed E-state index contributed by atoms with van der Waals surface area (Å²) in [5.41, 5.74) is 4.09. The summed E-state index contributed by atoms with van der Waals surface area (Å²) in [6.07, 6.45) is 3.37. The van der Waals surface area contributed by atoms with Crippen LogP contribution in [0.5, 0.6) is 5.88 Å². The number of aromatic nitrogens is 3. The van der Waals surface area contributed by atoms with Crippen LogP contribution in [-0.2, 0) is 7.05 Å². The van der Waals surface area contributed by atoms with Gasteiger partial charge in [-0.1, -0.05) is 26.8 Å². The number of benzene rings is 1. The molecule has 0 aliphatic carbocycles. The Bertz CT molecular complexity index is 1360. The Hall–Kier alpha value is -3.75. The van der Waals surface area contributed by atoms with Crippen LogP contribution in [0.25, 0.3) is 11.3 Å². The zero-order valence-electron chi connectivity index (χ0n) is 21.3. The van der Waals surface area contributed by atoms with Gasteiger partial charge in [-0.15, -0.1) is 0 Å². The zero-order valence-corrected chi connectivity index (χ0v) is 21.3. The van der Waals surface area contributed by atoms with Crippen LogP contribution in [0.15, 0.2) is 35.5 Å². The molecule has 1 amide bonds. The lowest BCUT2D eigenvalue weighted by atomic mass is 10.0. The molecule has 188 valence electrons. The SMILES string of the molecule is Cc1cc2cc(n1)-c1cnn(C)c1OCCC[C@@H](C)CN1/C(=N/C2=O)Nc2ccc(C(C)C)c(F)c21. The highest BCUT2D eigenvalue weighted by Gasteiger charge is 2.32. The highest BCUT2D eigenvalue weighted by Crippen LogP contribution is 2.39. The van der Waals surface area contributed by atoms with Crippen molar-refractivity contribution in [2.45, 2.75) is 46.5 Å². The Morgan fingerprint density at radius 1 is 1.25 bits per heavy atom. The highest BCUT2D eigenvalue weighted by molar-refractivity contribution is 6.19. The second kappa shape index (κ2) is 9.37. The molecular formula is C27H31FN6O2. The summed E-state index contributed by atoms with van der Waals surface area (Å²) < 4.78 is 23.5. The zero-order chi connectivity index (χ0) is 25.6. The number of hydrogen-bond donors (Lipinski definition) is 1. The third kappa shape index (κ3) is 4.34. The van der Waals surface area contributed by atoms with Crippen molar-refractivity contribution in [3.05, 3.63) is 53.1 Å². The molecule has 2 aliphatic rings. The van der Waals surface area contributed by atoms with Crippen LogP contribution in [0.1, 0.15) is 61.1 Å². The number of guanidine groups is 1. The first-order valence-electron chi connectivity index (χ1n) is 12.4. The predicted octanol–water partition coefficient (Wildman–Crippen LogP) is 5.29. The second-order valence-electron chi connectivity index (χ2n) is 9.96. The lowest BCUT2D eigenvalue weighted by Crippen LogP contribution is -2.35. The Morgan fingerprint density at radius 3 is 2.83 bits per heavy atom. The number of nitrogens with one attached hydrogen (secondary N) is 1. The molecule has 2 bridgehead atoms. The fourth-order valence-electron chi connectivity index (χ4n) is 4.82. The van der Waals surface area contributed by atoms with E-state index in [2.05, 4.69) is 27.3 Å². The van der Waals surface area contributed by atoms with Gasteiger partial charge in [0.2, 0.25) is 11.8 Å². The molecule has 1 aromatic carbocycles. The van der Waals surface area contributed by atoms with Crippen LogP contribution in [0.4, 0.5) is 15.8 Å². The minimum atomic E-state index is -0.430. The minimum absolute atomic E-state index is 0.0327. The molecule has 0 unspecified atom stereocenters. The first-order valence-corrected chi connectivity index (χ1v) is 12.4. The summed E-state index contributed by atoms with van der Waals surface area (Å²) in [4.78, 5) is 24.3. The van der Waals surface area contributed by atoms with Gasteiger partial charge in [-0.2, -0.15) is 10.1 Å². The number of aliphatic imine (C=N–C) groups is 1. The molecule has 0 spiro atoms. The average molecular weight is 491 g/mol. The largest absolute Gasteiger partial charge is 0.477 e. The number of nitrogens with zero attached hydrogens (tertiary/aromatic N) is 5. The van der Waals surface area contributed by atoms with E-state index in [-0.39, 0.29) is 17.7 Å². The van der Waals surface area contributed by atoms with Crippen molar-refractivity contribution in [1.29, 1.82) is 0 Å². The fourth-order valence-corrected chi connectivity index (χ4v) is 4.82. The maximum absolute atomic E-state index is 15.7. The quantitative estimate of drug-likeness (QED) is 0.499. The summed E-state index contributed by atoms with van der Waals surface area (Å²) in [6, 6.07) is 7.07. The van der Waals surface area contributed by atoms with Crippen LogP contribution < -0.4 is 15.0 Å². The molecule has 0 radical (unpaired) electrons. The Balaban J connectivity index is 1.62. The van der Waals surface area contributed by atoms with Crippen LogP contribution in [-0.4, -0.2) is 39.8 Å². The first kappa shape index (κ1) is 24.0. The lowest BCUT2D eigenvalue weighted by molar-refractivity contribution is 0.100. The van der Waals surface area contributed by atoms with Gasteiger partial charge in [0.1, 0.15) is 5.69 Å². The smallest absolute Gasteiger partial charge is 0.280 e. The van der Waals surface area contributed by atoms with Gasteiger partial charge in [0, 0.05) is 24.8 Å². The molecule has 4 heterocycles. The summed E-state index contributed by atoms with van der Waals surface area (Å²) in [7, 11) is 1.82. The van der Waals surface area contributed by atoms with Crippen molar-refractivity contribution in [3.63, 3.8) is 0 Å². The molecule has 1 atom stereocenters. The van der Waals surface area contributed by atoms with Crippen molar-refractivity contribution >= 4 is 23.2 Å². The van der Waals surface area contributed by atoms with Crippen molar-refractivity contribution in [1.82, 2.24) is 14.8 Å². The van der Waals surface area contributed by atoms with Gasteiger partial charge in [0.15, 0.2) is 5.82 Å². The Kier molecular flexibility index (Phi) is 6.24. The number of amides is 1. The average Bonchev–Trinajstić information content (AvgIpc) is 3.36. The van der Waals surface area contributed by atoms with E-state index in [4.69, 9.17) is 4.74 Å². The molecule has 2 aliphatic heterocycles. The molecule has 2 aromatic heterocycles. The number of halogens is 1. The summed E-state index contributed by atoms with van der Waals surface area (Å²) >= 11 is 0. The Labute approximate surface area is 210 Å². The van der Waals surface area contributed by atoms with Gasteiger partial charge in [0.05, 0.1) is 29.7 Å². The minimum Gasteiger partial charge on any atom is -0.477 e. The first-order chi connectivity index (χ1) is 17.2. The number of rotatable bonds is 1. The third-order valence-corrected chi connectivity index (χ3v) is 6.68. The number of aryl methyl sites for hydroxylation is 2. The topological polar surface area (TPSA) is 84.6 Å². The molecule has 3 aromatic rings. The van der Waals surface area contributed by atoms with Crippen LogP contribution in [0.2, 0.25) is 0 Å². The van der Waals surface area contributed by atoms with Gasteiger partial charge < -0.3 is 15.0 Å². The molecule has 5 rings (SSSR count). The van der Waals surface area contributed by atoms with E-state index in [1.54, 1.807) is 29.1 Å². The van der Waals surface area contributed by atoms with Crippen LogP contribution in [0.3, 0.4) is 0 Å². The van der Waals surface area contributed by atoms with E-state index in [0.717, 1.165) is 18.4 Å². The van der Waals surface area contributed by atoms with Gasteiger partial charge in [-0.25, -0.2) is 9.07 Å². The number of ether oxygens (including phenoxy) is 1. The molecular weight excluding hydrogens is 459 g/mol. The van der Waals surface area contributed by atoms with Crippen LogP contribution in [0, 0.1) is 18.7 Å². The number of pyridine rings is 1. The van der Waals surface area contributed by atoms with Gasteiger partial charge in [-0.3, -0.25) is 9.78 Å². The molecule has 1 N–H and O–H groups in total. The van der Waals surface area contributed by atoms with E-state index in [9.17, 15) is 4.79 Å². The van der Waals surface area contributed by atoms with Crippen molar-refractivity contribution in [2.24, 2.45) is 18.0 Å². The van der Waals surface area contributed by atoms with E-state index >= 15 is 4.39 Å². The molecule has 9 heteroatoms. The van der Waals surface area contributed by atoms with Gasteiger partial charge in [0.25, 0.3) is 5.91 Å². The number of hydrogen-bond acceptors (Lipinski definition) is 6. The maximum Gasteiger partial charge on any atom is 0.280 e. The fraction of sp³-hybridized carbons (Fsp3) is 0.407. The van der Waals surface area contributed by atoms with Crippen molar-refractivity contribution in [2.75, 3.05) is 23.4 Å². The van der Waals surface area contributed by atoms with Gasteiger partial charge in [-0.05, 0) is 55.4 Å². The number of carbonyl (C=O) groups is 1. The normalized spacial score (nSPS) is 19.3. The van der Waals surface area contributed by atoms with Gasteiger partial charge >= 0.3 is 0 Å². The van der Waals surface area contributed by atoms with Crippen molar-refractivity contribution in [3.8, 4) is 17.1 Å². The van der Waals surface area contributed by atoms with E-state index in [0.29, 0.717) is 58.9 Å². The molecule has 0 saturated carbocycles. The Morgan fingerprint density at radius 2 is 2.06 bits per heavy atom. The summed E-state index contributed by atoms with van der Waals surface area (Å²) in [5.74, 6) is 0.479. The van der Waals surface area contributed by atoms with Crippen molar-refractivity contribution < 1.29 is 13.9 Å². The lowest BCUT2D eigenvalue weighted by Gasteiger charge is -2.24. The number of carbonyl (C=O) groups excluding carboxylic acids is 1. The molecule has 36 heavy (non-hydrogen) atoms. The standard InChI is InChI=1S/C27H31FN6O2/c1-15(2)19-8-9-21-24(23(19)28)34-14-16(3)7-6-10-36-26-20(13-29-33(26)5)22-12-18(11-17(4)30-22)25(35)32-27(34)31-21/h8-9,11-13,15-16H,6-7,10,14H2,1-5H3,(H,31,32,35)/t16-/m1/s1. The monoisotopic (exact) mass is 490 g/mol. The predicted molar refractivity (Wildman–Crippen MR) is 138 cm³/mol. The van der Waals surface area contributed by atoms with E-state index in [1.807, 2.05) is 38.8 Å². The van der Waals surface area contributed by atoms with E-state index in [1.165, 1.54) is 0 Å². The third-order valence-electron chi connectivity index (χ3n) is 6.68. The second-order valence-corrected chi connectivity index (χ2v) is 9.96. The summed E-state index contributed by atoms with van der Waals surface area (Å²) in [6.45, 7) is 8.91. The number of fused-ring (bicyclic) bond motifs is 7. The highest BCUT2D eigenvalue weighted by atomic mass is 19.1. The molecule has 8 nitrogen and oxygen atoms in total. The maximum atomic E-state index is 15.7. The van der Waals surface area contributed by atoms with E-state index < -0.39 is 5.91 Å².